The molecule has 34 heavy (non-hydrogen) atoms. The molecule has 0 spiro atoms. The number of nitrogen functional groups attached to an aromatic ring is 1. The molecule has 1 aliphatic rings. The highest BCUT2D eigenvalue weighted by Gasteiger charge is 2.22. The Labute approximate surface area is 193 Å². The van der Waals surface area contributed by atoms with Crippen LogP contribution in [0.1, 0.15) is 5.56 Å². The Kier molecular flexibility index (Phi) is 5.37. The smallest absolute Gasteiger partial charge is 0.256 e. The highest BCUT2D eigenvalue weighted by Crippen LogP contribution is 2.39. The zero-order valence-corrected chi connectivity index (χ0v) is 18.5. The van der Waals surface area contributed by atoms with Gasteiger partial charge in [0.1, 0.15) is 30.4 Å². The summed E-state index contributed by atoms with van der Waals surface area (Å²) in [7, 11) is 3.82. The maximum atomic E-state index is 15.0. The van der Waals surface area contributed by atoms with Gasteiger partial charge in [0.25, 0.3) is 5.56 Å². The first-order valence-electron chi connectivity index (χ1n) is 10.5. The predicted octanol–water partition coefficient (Wildman–Crippen LogP) is 3.35. The van der Waals surface area contributed by atoms with Crippen molar-refractivity contribution in [1.29, 1.82) is 0 Å². The van der Waals surface area contributed by atoms with Gasteiger partial charge < -0.3 is 25.1 Å². The molecule has 0 radical (unpaired) electrons. The molecule has 8 nitrogen and oxygen atoms in total. The Morgan fingerprint density at radius 1 is 1.03 bits per heavy atom. The van der Waals surface area contributed by atoms with Crippen LogP contribution in [0.3, 0.4) is 0 Å². The SMILES string of the molecule is CN(C)Cc1cc(-c2nc(-c3ccc4c(=O)[nH]cc(F)c4c3)c(N)nc2F)cc2c1OCCO2. The molecular weight excluding hydrogens is 444 g/mol. The normalized spacial score (nSPS) is 13.0. The first-order valence-corrected chi connectivity index (χ1v) is 10.5. The molecule has 5 rings (SSSR count). The van der Waals surface area contributed by atoms with Gasteiger partial charge in [-0.05, 0) is 38.4 Å². The monoisotopic (exact) mass is 465 g/mol. The Hall–Kier alpha value is -4.05. The van der Waals surface area contributed by atoms with Crippen molar-refractivity contribution in [3.8, 4) is 34.0 Å². The van der Waals surface area contributed by atoms with Crippen molar-refractivity contribution in [2.24, 2.45) is 0 Å². The summed E-state index contributed by atoms with van der Waals surface area (Å²) >= 11 is 0. The highest BCUT2D eigenvalue weighted by molar-refractivity contribution is 5.88. The third-order valence-electron chi connectivity index (χ3n) is 5.48. The molecule has 0 saturated carbocycles. The third-order valence-corrected chi connectivity index (χ3v) is 5.48. The first kappa shape index (κ1) is 21.8. The van der Waals surface area contributed by atoms with E-state index in [-0.39, 0.29) is 28.0 Å². The van der Waals surface area contributed by atoms with Gasteiger partial charge in [-0.2, -0.15) is 9.37 Å². The summed E-state index contributed by atoms with van der Waals surface area (Å²) in [4.78, 5) is 24.6. The Balaban J connectivity index is 1.68. The second-order valence-corrected chi connectivity index (χ2v) is 8.22. The molecule has 10 heteroatoms. The average Bonchev–Trinajstić information content (AvgIpc) is 2.81. The van der Waals surface area contributed by atoms with Crippen molar-refractivity contribution in [3.63, 3.8) is 0 Å². The van der Waals surface area contributed by atoms with Gasteiger partial charge in [0.15, 0.2) is 17.3 Å². The van der Waals surface area contributed by atoms with Gasteiger partial charge in [0, 0.05) is 40.2 Å². The molecular formula is C24H21F2N5O3. The zero-order chi connectivity index (χ0) is 24.0. The van der Waals surface area contributed by atoms with Crippen molar-refractivity contribution in [3.05, 3.63) is 64.2 Å². The van der Waals surface area contributed by atoms with E-state index in [4.69, 9.17) is 15.2 Å². The van der Waals surface area contributed by atoms with Gasteiger partial charge in [-0.25, -0.2) is 9.37 Å². The number of hydrogen-bond donors (Lipinski definition) is 2. The standard InChI is InChI=1S/C24H21F2N5O3/c1-31(2)11-14-7-13(9-18-21(14)34-6-5-33-18)19-22(26)30-23(27)20(29-19)12-3-4-15-16(8-12)17(25)10-28-24(15)32/h3-4,7-10H,5-6,11H2,1-2H3,(H2,27,30)(H,28,32). The van der Waals surface area contributed by atoms with Crippen LogP contribution in [0.25, 0.3) is 33.3 Å². The molecule has 0 atom stereocenters. The lowest BCUT2D eigenvalue weighted by Gasteiger charge is -2.23. The number of hydrogen-bond acceptors (Lipinski definition) is 7. The second-order valence-electron chi connectivity index (χ2n) is 8.22. The minimum Gasteiger partial charge on any atom is -0.486 e. The molecule has 3 heterocycles. The topological polar surface area (TPSA) is 106 Å². The molecule has 3 N–H and O–H groups in total. The Bertz CT molecular complexity index is 1490. The molecule has 0 saturated heterocycles. The van der Waals surface area contributed by atoms with Crippen molar-refractivity contribution in [2.75, 3.05) is 33.0 Å². The van der Waals surface area contributed by atoms with Crippen molar-refractivity contribution in [2.45, 2.75) is 6.54 Å². The van der Waals surface area contributed by atoms with E-state index in [0.717, 1.165) is 11.8 Å². The number of pyridine rings is 1. The number of ether oxygens (including phenoxy) is 2. The molecule has 1 aliphatic heterocycles. The maximum Gasteiger partial charge on any atom is 0.256 e. The summed E-state index contributed by atoms with van der Waals surface area (Å²) < 4.78 is 40.9. The fourth-order valence-electron chi connectivity index (χ4n) is 4.02. The number of anilines is 1. The maximum absolute atomic E-state index is 15.0. The summed E-state index contributed by atoms with van der Waals surface area (Å²) in [5.74, 6) is -0.505. The zero-order valence-electron chi connectivity index (χ0n) is 18.5. The molecule has 0 fully saturated rings. The van der Waals surface area contributed by atoms with Crippen LogP contribution in [0.15, 0.2) is 41.3 Å². The van der Waals surface area contributed by atoms with E-state index >= 15 is 0 Å². The van der Waals surface area contributed by atoms with Crippen LogP contribution in [0.4, 0.5) is 14.6 Å². The number of nitrogens with two attached hydrogens (primary N) is 1. The number of benzene rings is 2. The van der Waals surface area contributed by atoms with E-state index in [1.54, 1.807) is 18.2 Å². The fourth-order valence-corrected chi connectivity index (χ4v) is 4.02. The lowest BCUT2D eigenvalue weighted by Crippen LogP contribution is -2.19. The van der Waals surface area contributed by atoms with Crippen LogP contribution in [0.5, 0.6) is 11.5 Å². The van der Waals surface area contributed by atoms with E-state index in [0.29, 0.717) is 42.4 Å². The van der Waals surface area contributed by atoms with Gasteiger partial charge >= 0.3 is 0 Å². The van der Waals surface area contributed by atoms with Gasteiger partial charge in [0.05, 0.1) is 0 Å². The lowest BCUT2D eigenvalue weighted by molar-refractivity contribution is 0.168. The Morgan fingerprint density at radius 3 is 2.62 bits per heavy atom. The molecule has 4 aromatic rings. The molecule has 0 unspecified atom stereocenters. The lowest BCUT2D eigenvalue weighted by atomic mass is 10.0. The predicted molar refractivity (Wildman–Crippen MR) is 124 cm³/mol. The fraction of sp³-hybridized carbons (Fsp3) is 0.208. The minimum absolute atomic E-state index is 0.0346. The van der Waals surface area contributed by atoms with E-state index in [9.17, 15) is 13.6 Å². The van der Waals surface area contributed by atoms with E-state index in [1.165, 1.54) is 12.1 Å². The van der Waals surface area contributed by atoms with E-state index in [1.807, 2.05) is 19.0 Å². The summed E-state index contributed by atoms with van der Waals surface area (Å²) in [5.41, 5.74) is 7.35. The quantitative estimate of drug-likeness (QED) is 0.476. The Morgan fingerprint density at radius 2 is 1.82 bits per heavy atom. The highest BCUT2D eigenvalue weighted by atomic mass is 19.1. The molecule has 0 bridgehead atoms. The second kappa shape index (κ2) is 8.38. The van der Waals surface area contributed by atoms with Crippen LogP contribution in [0, 0.1) is 11.8 Å². The minimum atomic E-state index is -0.850. The molecule has 0 amide bonds. The largest absolute Gasteiger partial charge is 0.486 e. The number of aromatic nitrogens is 3. The summed E-state index contributed by atoms with van der Waals surface area (Å²) in [6.45, 7) is 1.34. The van der Waals surface area contributed by atoms with Gasteiger partial charge in [-0.3, -0.25) is 4.79 Å². The summed E-state index contributed by atoms with van der Waals surface area (Å²) in [6.07, 6.45) is 0.987. The molecule has 2 aromatic carbocycles. The molecule has 2 aromatic heterocycles. The van der Waals surface area contributed by atoms with Gasteiger partial charge in [-0.15, -0.1) is 0 Å². The first-order chi connectivity index (χ1) is 16.3. The van der Waals surface area contributed by atoms with Crippen molar-refractivity contribution < 1.29 is 18.3 Å². The molecule has 174 valence electrons. The van der Waals surface area contributed by atoms with E-state index < -0.39 is 17.3 Å². The number of rotatable bonds is 4. The van der Waals surface area contributed by atoms with E-state index in [2.05, 4.69) is 15.0 Å². The van der Waals surface area contributed by atoms with Gasteiger partial charge in [-0.1, -0.05) is 6.07 Å². The van der Waals surface area contributed by atoms with Crippen molar-refractivity contribution in [1.82, 2.24) is 19.9 Å². The number of halogens is 2. The van der Waals surface area contributed by atoms with Crippen LogP contribution < -0.4 is 20.8 Å². The number of H-pyrrole nitrogens is 1. The summed E-state index contributed by atoms with van der Waals surface area (Å²) in [6, 6.07) is 7.92. The van der Waals surface area contributed by atoms with Crippen LogP contribution in [-0.2, 0) is 6.54 Å². The number of nitrogens with zero attached hydrogens (tertiary/aromatic N) is 3. The van der Waals surface area contributed by atoms with Crippen molar-refractivity contribution >= 4 is 16.6 Å². The van der Waals surface area contributed by atoms with Gasteiger partial charge in [0.2, 0.25) is 5.95 Å². The third kappa shape index (κ3) is 3.81. The number of fused-ring (bicyclic) bond motifs is 2. The number of aromatic amines is 1. The van der Waals surface area contributed by atoms with Crippen LogP contribution in [-0.4, -0.2) is 47.2 Å². The van der Waals surface area contributed by atoms with Crippen LogP contribution >= 0.6 is 0 Å². The summed E-state index contributed by atoms with van der Waals surface area (Å²) in [5, 5.41) is 0.277. The molecule has 0 aliphatic carbocycles. The van der Waals surface area contributed by atoms with Crippen LogP contribution in [0.2, 0.25) is 0 Å². The average molecular weight is 465 g/mol. The number of nitrogens with one attached hydrogen (secondary N) is 1.